The van der Waals surface area contributed by atoms with Gasteiger partial charge in [-0.1, -0.05) is 18.2 Å². The van der Waals surface area contributed by atoms with Crippen LogP contribution in [0.2, 0.25) is 0 Å². The van der Waals surface area contributed by atoms with Crippen molar-refractivity contribution in [2.75, 3.05) is 38.1 Å². The van der Waals surface area contributed by atoms with E-state index in [2.05, 4.69) is 26.6 Å². The van der Waals surface area contributed by atoms with E-state index in [4.69, 9.17) is 4.74 Å². The normalized spacial score (nSPS) is 14.1. The molecule has 3 rings (SSSR count). The van der Waals surface area contributed by atoms with Crippen LogP contribution in [0.4, 0.5) is 5.69 Å². The van der Waals surface area contributed by atoms with Crippen LogP contribution in [-0.2, 0) is 11.3 Å². The second-order valence-corrected chi connectivity index (χ2v) is 6.04. The lowest BCUT2D eigenvalue weighted by Crippen LogP contribution is -2.38. The number of carbonyl (C=O) groups excluding carboxylic acids is 1. The summed E-state index contributed by atoms with van der Waals surface area (Å²) in [6.07, 6.45) is 4.40. The van der Waals surface area contributed by atoms with Gasteiger partial charge in [-0.05, 0) is 24.6 Å². The van der Waals surface area contributed by atoms with Gasteiger partial charge in [0.05, 0.1) is 12.2 Å². The number of ether oxygens (including phenoxy) is 1. The summed E-state index contributed by atoms with van der Waals surface area (Å²) < 4.78 is 5.73. The van der Waals surface area contributed by atoms with Crippen LogP contribution < -0.4 is 15.4 Å². The molecule has 0 spiro atoms. The Kier molecular flexibility index (Phi) is 6.23. The van der Waals surface area contributed by atoms with E-state index in [0.717, 1.165) is 43.1 Å². The van der Waals surface area contributed by atoms with E-state index in [1.807, 2.05) is 30.3 Å². The largest absolute Gasteiger partial charge is 0.492 e. The predicted molar refractivity (Wildman–Crippen MR) is 97.6 cm³/mol. The molecule has 6 nitrogen and oxygen atoms in total. The van der Waals surface area contributed by atoms with E-state index in [1.54, 1.807) is 12.4 Å². The van der Waals surface area contributed by atoms with Crippen molar-refractivity contribution >= 4 is 11.6 Å². The highest BCUT2D eigenvalue weighted by Gasteiger charge is 2.16. The highest BCUT2D eigenvalue weighted by Crippen LogP contribution is 2.22. The summed E-state index contributed by atoms with van der Waals surface area (Å²) in [7, 11) is 0. The molecular formula is C19H24N4O2. The number of amides is 1. The standard InChI is InChI=1S/C19H24N4O2/c24-19(22-10-4-9-21-17-6-3-8-20-13-17)15-23-11-12-25-18-7-2-1-5-16(18)14-23/h1-3,5-8,13,21H,4,9-12,14-15H2,(H,22,24). The van der Waals surface area contributed by atoms with Gasteiger partial charge in [-0.25, -0.2) is 0 Å². The Balaban J connectivity index is 1.35. The third-order valence-corrected chi connectivity index (χ3v) is 4.07. The van der Waals surface area contributed by atoms with Gasteiger partial charge in [-0.15, -0.1) is 0 Å². The number of anilines is 1. The number of aromatic nitrogens is 1. The molecule has 0 unspecified atom stereocenters. The monoisotopic (exact) mass is 340 g/mol. The molecule has 1 amide bonds. The molecule has 1 aromatic heterocycles. The smallest absolute Gasteiger partial charge is 0.234 e. The van der Waals surface area contributed by atoms with Gasteiger partial charge in [0.25, 0.3) is 0 Å². The summed E-state index contributed by atoms with van der Waals surface area (Å²) in [5.74, 6) is 0.979. The molecule has 1 aliphatic heterocycles. The van der Waals surface area contributed by atoms with Crippen molar-refractivity contribution < 1.29 is 9.53 Å². The van der Waals surface area contributed by atoms with Crippen LogP contribution in [0.3, 0.4) is 0 Å². The first-order valence-corrected chi connectivity index (χ1v) is 8.65. The van der Waals surface area contributed by atoms with Crippen LogP contribution in [0.15, 0.2) is 48.8 Å². The number of pyridine rings is 1. The van der Waals surface area contributed by atoms with E-state index in [9.17, 15) is 4.79 Å². The van der Waals surface area contributed by atoms with Crippen LogP contribution in [0.25, 0.3) is 0 Å². The molecular weight excluding hydrogens is 316 g/mol. The van der Waals surface area contributed by atoms with E-state index >= 15 is 0 Å². The number of nitrogens with zero attached hydrogens (tertiary/aromatic N) is 2. The molecule has 2 N–H and O–H groups in total. The second kappa shape index (κ2) is 9.03. The minimum absolute atomic E-state index is 0.0563. The molecule has 2 aromatic rings. The average Bonchev–Trinajstić information content (AvgIpc) is 2.84. The topological polar surface area (TPSA) is 66.5 Å². The third kappa shape index (κ3) is 5.46. The summed E-state index contributed by atoms with van der Waals surface area (Å²) >= 11 is 0. The Morgan fingerprint density at radius 3 is 3.00 bits per heavy atom. The molecule has 2 heterocycles. The van der Waals surface area contributed by atoms with Crippen molar-refractivity contribution in [1.82, 2.24) is 15.2 Å². The van der Waals surface area contributed by atoms with Gasteiger partial charge < -0.3 is 15.4 Å². The van der Waals surface area contributed by atoms with E-state index in [0.29, 0.717) is 19.7 Å². The van der Waals surface area contributed by atoms with Gasteiger partial charge in [-0.3, -0.25) is 14.7 Å². The molecule has 0 saturated carbocycles. The SMILES string of the molecule is O=C(CN1CCOc2ccccc2C1)NCCCNc1cccnc1. The number of benzene rings is 1. The van der Waals surface area contributed by atoms with Crippen LogP contribution in [0, 0.1) is 0 Å². The lowest BCUT2D eigenvalue weighted by atomic mass is 10.2. The Morgan fingerprint density at radius 1 is 1.20 bits per heavy atom. The number of carbonyl (C=O) groups is 1. The number of hydrogen-bond acceptors (Lipinski definition) is 5. The van der Waals surface area contributed by atoms with Crippen molar-refractivity contribution in [3.8, 4) is 5.75 Å². The van der Waals surface area contributed by atoms with Crippen molar-refractivity contribution in [3.05, 3.63) is 54.4 Å². The summed E-state index contributed by atoms with van der Waals surface area (Å²) in [4.78, 5) is 18.3. The van der Waals surface area contributed by atoms with E-state index < -0.39 is 0 Å². The maximum atomic E-state index is 12.1. The first kappa shape index (κ1) is 17.2. The summed E-state index contributed by atoms with van der Waals surface area (Å²) in [5, 5.41) is 6.26. The number of hydrogen-bond donors (Lipinski definition) is 2. The Bertz CT molecular complexity index is 678. The Hall–Kier alpha value is -2.60. The lowest BCUT2D eigenvalue weighted by molar-refractivity contribution is -0.122. The fourth-order valence-electron chi connectivity index (χ4n) is 2.79. The average molecular weight is 340 g/mol. The quantitative estimate of drug-likeness (QED) is 0.754. The minimum atomic E-state index is 0.0563. The van der Waals surface area contributed by atoms with Crippen molar-refractivity contribution in [2.24, 2.45) is 0 Å². The molecule has 132 valence electrons. The number of nitrogens with one attached hydrogen (secondary N) is 2. The highest BCUT2D eigenvalue weighted by molar-refractivity contribution is 5.78. The van der Waals surface area contributed by atoms with E-state index in [1.165, 1.54) is 0 Å². The van der Waals surface area contributed by atoms with Crippen LogP contribution in [0.5, 0.6) is 5.75 Å². The first-order chi connectivity index (χ1) is 12.3. The lowest BCUT2D eigenvalue weighted by Gasteiger charge is -2.18. The van der Waals surface area contributed by atoms with Gasteiger partial charge in [0.15, 0.2) is 0 Å². The molecule has 0 bridgehead atoms. The molecule has 0 fully saturated rings. The molecule has 1 aromatic carbocycles. The van der Waals surface area contributed by atoms with Gasteiger partial charge in [0, 0.05) is 44.1 Å². The zero-order valence-corrected chi connectivity index (χ0v) is 14.3. The summed E-state index contributed by atoms with van der Waals surface area (Å²) in [5.41, 5.74) is 2.13. The zero-order valence-electron chi connectivity index (χ0n) is 14.3. The Morgan fingerprint density at radius 2 is 2.12 bits per heavy atom. The fourth-order valence-corrected chi connectivity index (χ4v) is 2.79. The maximum Gasteiger partial charge on any atom is 0.234 e. The van der Waals surface area contributed by atoms with Crippen molar-refractivity contribution in [3.63, 3.8) is 0 Å². The molecule has 0 aliphatic carbocycles. The molecule has 1 aliphatic rings. The van der Waals surface area contributed by atoms with Crippen LogP contribution >= 0.6 is 0 Å². The molecule has 6 heteroatoms. The first-order valence-electron chi connectivity index (χ1n) is 8.65. The van der Waals surface area contributed by atoms with Gasteiger partial charge in [0.2, 0.25) is 5.91 Å². The number of fused-ring (bicyclic) bond motifs is 1. The van der Waals surface area contributed by atoms with Crippen molar-refractivity contribution in [2.45, 2.75) is 13.0 Å². The fraction of sp³-hybridized carbons (Fsp3) is 0.368. The van der Waals surface area contributed by atoms with Gasteiger partial charge in [0.1, 0.15) is 12.4 Å². The molecule has 0 saturated heterocycles. The van der Waals surface area contributed by atoms with Crippen LogP contribution in [-0.4, -0.2) is 48.6 Å². The maximum absolute atomic E-state index is 12.1. The predicted octanol–water partition coefficient (Wildman–Crippen LogP) is 1.89. The van der Waals surface area contributed by atoms with E-state index in [-0.39, 0.29) is 5.91 Å². The summed E-state index contributed by atoms with van der Waals surface area (Å²) in [6, 6.07) is 11.9. The summed E-state index contributed by atoms with van der Waals surface area (Å²) in [6.45, 7) is 3.97. The molecule has 0 radical (unpaired) electrons. The van der Waals surface area contributed by atoms with Crippen molar-refractivity contribution in [1.29, 1.82) is 0 Å². The Labute approximate surface area is 148 Å². The second-order valence-electron chi connectivity index (χ2n) is 6.04. The zero-order chi connectivity index (χ0) is 17.3. The minimum Gasteiger partial charge on any atom is -0.492 e. The third-order valence-electron chi connectivity index (χ3n) is 4.07. The van der Waals surface area contributed by atoms with Gasteiger partial charge >= 0.3 is 0 Å². The van der Waals surface area contributed by atoms with Gasteiger partial charge in [-0.2, -0.15) is 0 Å². The van der Waals surface area contributed by atoms with Crippen LogP contribution in [0.1, 0.15) is 12.0 Å². The number of para-hydroxylation sites is 1. The number of rotatable bonds is 7. The highest BCUT2D eigenvalue weighted by atomic mass is 16.5. The molecule has 25 heavy (non-hydrogen) atoms. The molecule has 0 atom stereocenters.